The summed E-state index contributed by atoms with van der Waals surface area (Å²) in [4.78, 5) is 0. The highest BCUT2D eigenvalue weighted by atomic mass is 32.2. The van der Waals surface area contributed by atoms with Crippen LogP contribution in [0.2, 0.25) is 0 Å². The lowest BCUT2D eigenvalue weighted by atomic mass is 9.89. The third-order valence-corrected chi connectivity index (χ3v) is 6.81. The third-order valence-electron chi connectivity index (χ3n) is 5.28. The van der Waals surface area contributed by atoms with E-state index in [4.69, 9.17) is 14.2 Å². The fourth-order valence-corrected chi connectivity index (χ4v) is 5.17. The Kier molecular flexibility index (Phi) is 7.14. The minimum Gasteiger partial charge on any atom is -0.493 e. The van der Waals surface area contributed by atoms with E-state index in [-0.39, 0.29) is 12.5 Å². The van der Waals surface area contributed by atoms with Gasteiger partial charge in [-0.25, -0.2) is 13.1 Å². The minimum atomic E-state index is -3.40. The molecule has 0 unspecified atom stereocenters. The second-order valence-corrected chi connectivity index (χ2v) is 9.50. The Labute approximate surface area is 162 Å². The highest BCUT2D eigenvalue weighted by Crippen LogP contribution is 2.40. The summed E-state index contributed by atoms with van der Waals surface area (Å²) in [5.41, 5.74) is 0.484. The normalized spacial score (nSPS) is 19.3. The molecule has 2 aliphatic carbocycles. The first-order valence-corrected chi connectivity index (χ1v) is 11.5. The van der Waals surface area contributed by atoms with Gasteiger partial charge in [-0.3, -0.25) is 0 Å². The van der Waals surface area contributed by atoms with Crippen molar-refractivity contribution >= 4 is 10.0 Å². The summed E-state index contributed by atoms with van der Waals surface area (Å²) in [6, 6.07) is 7.94. The monoisotopic (exact) mass is 397 g/mol. The maximum Gasteiger partial charge on any atom is 0.212 e. The van der Waals surface area contributed by atoms with E-state index in [2.05, 4.69) is 4.72 Å². The molecule has 1 aromatic carbocycles. The second-order valence-electron chi connectivity index (χ2n) is 7.66. The molecule has 0 saturated heterocycles. The topological polar surface area (TPSA) is 73.9 Å². The van der Waals surface area contributed by atoms with Crippen molar-refractivity contribution < 1.29 is 22.6 Å². The van der Waals surface area contributed by atoms with Gasteiger partial charge in [-0.15, -0.1) is 0 Å². The highest BCUT2D eigenvalue weighted by molar-refractivity contribution is 7.89. The van der Waals surface area contributed by atoms with Crippen LogP contribution in [0.25, 0.3) is 0 Å². The summed E-state index contributed by atoms with van der Waals surface area (Å²) in [5, 5.41) is 0. The van der Waals surface area contributed by atoms with Gasteiger partial charge in [0, 0.05) is 7.11 Å². The quantitative estimate of drug-likeness (QED) is 0.433. The van der Waals surface area contributed by atoms with Crippen LogP contribution in [0.15, 0.2) is 24.3 Å². The minimum absolute atomic E-state index is 0.0519. The number of ether oxygens (including phenoxy) is 3. The second kappa shape index (κ2) is 9.37. The predicted molar refractivity (Wildman–Crippen MR) is 104 cm³/mol. The van der Waals surface area contributed by atoms with Crippen LogP contribution in [-0.4, -0.2) is 41.3 Å². The molecule has 7 heteroatoms. The zero-order valence-corrected chi connectivity index (χ0v) is 16.9. The Morgan fingerprint density at radius 3 is 2.70 bits per heavy atom. The van der Waals surface area contributed by atoms with E-state index in [1.807, 2.05) is 24.3 Å². The first kappa shape index (κ1) is 20.6. The lowest BCUT2D eigenvalue weighted by Crippen LogP contribution is -2.44. The van der Waals surface area contributed by atoms with Crippen LogP contribution in [0, 0.1) is 5.92 Å². The average Bonchev–Trinajstić information content (AvgIpc) is 3.37. The van der Waals surface area contributed by atoms with Gasteiger partial charge in [0.15, 0.2) is 0 Å². The van der Waals surface area contributed by atoms with Crippen LogP contribution in [0.4, 0.5) is 0 Å². The van der Waals surface area contributed by atoms with Crippen molar-refractivity contribution in [2.45, 2.75) is 50.5 Å². The standard InChI is InChI=1S/C20H31NO5S/c1-24-16-25-12-5-13-27(22,23)21-20(10-2-3-11-20)18-6-4-7-19(14-18)26-15-17-8-9-17/h4,6-7,14,17,21H,2-3,5,8-13,15-16H2,1H3. The first-order chi connectivity index (χ1) is 13.0. The fraction of sp³-hybridized carbons (Fsp3) is 0.700. The molecule has 3 rings (SSSR count). The predicted octanol–water partition coefficient (Wildman–Crippen LogP) is 3.17. The van der Waals surface area contributed by atoms with Gasteiger partial charge in [0.05, 0.1) is 24.5 Å². The number of methoxy groups -OCH3 is 1. The molecule has 2 aliphatic rings. The lowest BCUT2D eigenvalue weighted by molar-refractivity contribution is -0.0299. The zero-order chi connectivity index (χ0) is 19.2. The highest BCUT2D eigenvalue weighted by Gasteiger charge is 2.39. The summed E-state index contributed by atoms with van der Waals surface area (Å²) in [6.07, 6.45) is 6.62. The molecule has 0 heterocycles. The zero-order valence-electron chi connectivity index (χ0n) is 16.1. The van der Waals surface area contributed by atoms with Crippen LogP contribution in [-0.2, 0) is 25.0 Å². The van der Waals surface area contributed by atoms with Crippen molar-refractivity contribution in [3.63, 3.8) is 0 Å². The van der Waals surface area contributed by atoms with Gasteiger partial charge < -0.3 is 14.2 Å². The van der Waals surface area contributed by atoms with Gasteiger partial charge >= 0.3 is 0 Å². The molecule has 1 aromatic rings. The number of hydrogen-bond acceptors (Lipinski definition) is 5. The molecular weight excluding hydrogens is 366 g/mol. The molecule has 0 radical (unpaired) electrons. The van der Waals surface area contributed by atoms with E-state index in [1.165, 1.54) is 12.8 Å². The van der Waals surface area contributed by atoms with Crippen molar-refractivity contribution in [1.82, 2.24) is 4.72 Å². The van der Waals surface area contributed by atoms with E-state index < -0.39 is 15.6 Å². The number of sulfonamides is 1. The molecular formula is C20H31NO5S. The molecule has 0 bridgehead atoms. The molecule has 6 nitrogen and oxygen atoms in total. The molecule has 0 amide bonds. The molecule has 0 aromatic heterocycles. The maximum absolute atomic E-state index is 12.7. The molecule has 1 N–H and O–H groups in total. The molecule has 0 aliphatic heterocycles. The number of hydrogen-bond donors (Lipinski definition) is 1. The average molecular weight is 398 g/mol. The molecule has 0 atom stereocenters. The van der Waals surface area contributed by atoms with Crippen LogP contribution in [0.5, 0.6) is 5.75 Å². The Hall–Kier alpha value is -1.15. The van der Waals surface area contributed by atoms with Gasteiger partial charge in [0.1, 0.15) is 12.5 Å². The van der Waals surface area contributed by atoms with Gasteiger partial charge in [0.2, 0.25) is 10.0 Å². The Balaban J connectivity index is 1.65. The van der Waals surface area contributed by atoms with E-state index >= 15 is 0 Å². The fourth-order valence-electron chi connectivity index (χ4n) is 3.65. The van der Waals surface area contributed by atoms with Crippen molar-refractivity contribution in [2.24, 2.45) is 5.92 Å². The van der Waals surface area contributed by atoms with E-state index in [0.717, 1.165) is 43.6 Å². The molecule has 2 saturated carbocycles. The summed E-state index contributed by atoms with van der Waals surface area (Å²) < 4.78 is 44.3. The molecule has 0 spiro atoms. The molecule has 2 fully saturated rings. The van der Waals surface area contributed by atoms with Crippen LogP contribution < -0.4 is 9.46 Å². The number of benzene rings is 1. The van der Waals surface area contributed by atoms with Gasteiger partial charge in [-0.1, -0.05) is 25.0 Å². The molecule has 152 valence electrons. The van der Waals surface area contributed by atoms with E-state index in [9.17, 15) is 8.42 Å². The largest absolute Gasteiger partial charge is 0.493 e. The third kappa shape index (κ3) is 6.17. The number of rotatable bonds is 12. The van der Waals surface area contributed by atoms with Crippen LogP contribution in [0.1, 0.15) is 50.5 Å². The summed E-state index contributed by atoms with van der Waals surface area (Å²) in [7, 11) is -1.85. The Morgan fingerprint density at radius 2 is 2.00 bits per heavy atom. The van der Waals surface area contributed by atoms with Crippen molar-refractivity contribution in [3.8, 4) is 5.75 Å². The van der Waals surface area contributed by atoms with Crippen molar-refractivity contribution in [1.29, 1.82) is 0 Å². The summed E-state index contributed by atoms with van der Waals surface area (Å²) >= 11 is 0. The Morgan fingerprint density at radius 1 is 1.22 bits per heavy atom. The smallest absolute Gasteiger partial charge is 0.212 e. The summed E-state index contributed by atoms with van der Waals surface area (Å²) in [6.45, 7) is 1.31. The van der Waals surface area contributed by atoms with Gasteiger partial charge in [0.25, 0.3) is 0 Å². The van der Waals surface area contributed by atoms with Crippen LogP contribution >= 0.6 is 0 Å². The number of nitrogens with one attached hydrogen (secondary N) is 1. The van der Waals surface area contributed by atoms with Crippen molar-refractivity contribution in [2.75, 3.05) is 32.9 Å². The van der Waals surface area contributed by atoms with Gasteiger partial charge in [-0.2, -0.15) is 0 Å². The first-order valence-electron chi connectivity index (χ1n) is 9.85. The summed E-state index contributed by atoms with van der Waals surface area (Å²) in [5.74, 6) is 1.57. The Bertz CT molecular complexity index is 696. The van der Waals surface area contributed by atoms with Gasteiger partial charge in [-0.05, 0) is 55.7 Å². The van der Waals surface area contributed by atoms with E-state index in [0.29, 0.717) is 18.9 Å². The maximum atomic E-state index is 12.7. The van der Waals surface area contributed by atoms with E-state index in [1.54, 1.807) is 7.11 Å². The lowest BCUT2D eigenvalue weighted by Gasteiger charge is -2.31. The van der Waals surface area contributed by atoms with Crippen molar-refractivity contribution in [3.05, 3.63) is 29.8 Å². The van der Waals surface area contributed by atoms with Crippen LogP contribution in [0.3, 0.4) is 0 Å². The SMILES string of the molecule is COCOCCCS(=O)(=O)NC1(c2cccc(OCC3CC3)c2)CCCC1. The molecule has 27 heavy (non-hydrogen) atoms.